The molecule has 0 aliphatic carbocycles. The number of fused-ring (bicyclic) bond motifs is 2. The zero-order valence-corrected chi connectivity index (χ0v) is 30.5. The summed E-state index contributed by atoms with van der Waals surface area (Å²) >= 11 is 0. The molecule has 286 valence electrons. The van der Waals surface area contributed by atoms with Gasteiger partial charge in [-0.05, 0) is 64.1 Å². The summed E-state index contributed by atoms with van der Waals surface area (Å²) in [5.74, 6) is -3.09. The van der Waals surface area contributed by atoms with Crippen molar-refractivity contribution in [1.82, 2.24) is 38.7 Å². The molecule has 4 amide bonds. The Balaban J connectivity index is 1.38. The van der Waals surface area contributed by atoms with Crippen LogP contribution in [0.5, 0.6) is 5.75 Å². The van der Waals surface area contributed by atoms with Gasteiger partial charge in [-0.3, -0.25) is 39.2 Å². The van der Waals surface area contributed by atoms with Gasteiger partial charge >= 0.3 is 0 Å². The summed E-state index contributed by atoms with van der Waals surface area (Å²) in [7, 11) is 0. The second-order valence-corrected chi connectivity index (χ2v) is 12.4. The molecule has 7 N–H and O–H groups in total. The van der Waals surface area contributed by atoms with Crippen molar-refractivity contribution in [1.29, 1.82) is 0 Å². The topological polar surface area (TPSA) is 245 Å². The SMILES string of the molecule is CCn1nc(C)cc1C(=O)Nc1nc2cc(C(N)=O)ccc2n1C/C=C/Cn1c(NC(=O)c2c(F)c(C)nn2CC)nc2cc(C(N)=O)cc(OCCO)c21. The summed E-state index contributed by atoms with van der Waals surface area (Å²) in [4.78, 5) is 60.3. The van der Waals surface area contributed by atoms with E-state index in [4.69, 9.17) is 16.2 Å². The van der Waals surface area contributed by atoms with E-state index in [0.717, 1.165) is 0 Å². The minimum atomic E-state index is -0.811. The van der Waals surface area contributed by atoms with Crippen LogP contribution in [0, 0.1) is 19.7 Å². The van der Waals surface area contributed by atoms with E-state index >= 15 is 4.39 Å². The molecular formula is C36H39FN12O6. The van der Waals surface area contributed by atoms with E-state index in [-0.39, 0.29) is 78.5 Å². The summed E-state index contributed by atoms with van der Waals surface area (Å²) in [5.41, 5.74) is 13.8. The van der Waals surface area contributed by atoms with Crippen molar-refractivity contribution in [2.45, 2.75) is 53.9 Å². The van der Waals surface area contributed by atoms with Gasteiger partial charge < -0.3 is 30.4 Å². The van der Waals surface area contributed by atoms with E-state index in [1.54, 1.807) is 58.0 Å². The standard InChI is InChI=1S/C36H39FN12O6/c1-5-48-26(15-19(3)44-48)33(53)42-35-40-23-16-21(31(38)51)9-10-25(23)46(35)11-7-8-12-47-29-24(17-22(32(39)52)18-27(29)55-14-13-50)41-36(47)43-34(54)30-28(37)20(4)45-49(30)6-2/h7-10,15-18,50H,5-6,11-14H2,1-4H3,(H2,38,51)(H2,39,52)(H,40,42,53)(H,41,43,54)/b8-7+. The summed E-state index contributed by atoms with van der Waals surface area (Å²) in [6.07, 6.45) is 3.53. The molecule has 19 heteroatoms. The molecule has 6 rings (SSSR count). The second kappa shape index (κ2) is 15.6. The fourth-order valence-corrected chi connectivity index (χ4v) is 6.14. The minimum Gasteiger partial charge on any atom is -0.489 e. The van der Waals surface area contributed by atoms with Crippen molar-refractivity contribution in [3.05, 3.63) is 88.3 Å². The van der Waals surface area contributed by atoms with Crippen LogP contribution >= 0.6 is 0 Å². The molecule has 0 fully saturated rings. The number of nitrogens with zero attached hydrogens (tertiary/aromatic N) is 8. The molecule has 0 aliphatic rings. The summed E-state index contributed by atoms with van der Waals surface area (Å²) in [5, 5.41) is 23.5. The first kappa shape index (κ1) is 37.9. The molecule has 6 aromatic rings. The van der Waals surface area contributed by atoms with Crippen LogP contribution in [0.1, 0.15) is 66.9 Å². The average molecular weight is 755 g/mol. The van der Waals surface area contributed by atoms with Gasteiger partial charge in [-0.25, -0.2) is 14.4 Å². The number of hydrogen-bond acceptors (Lipinski definition) is 10. The van der Waals surface area contributed by atoms with Gasteiger partial charge in [0.2, 0.25) is 23.7 Å². The van der Waals surface area contributed by atoms with E-state index < -0.39 is 29.4 Å². The van der Waals surface area contributed by atoms with E-state index in [2.05, 4.69) is 30.8 Å². The first-order valence-corrected chi connectivity index (χ1v) is 17.3. The Morgan fingerprint density at radius 2 is 1.47 bits per heavy atom. The highest BCUT2D eigenvalue weighted by molar-refractivity contribution is 6.05. The van der Waals surface area contributed by atoms with Crippen LogP contribution in [-0.4, -0.2) is 80.6 Å². The van der Waals surface area contributed by atoms with Crippen molar-refractivity contribution in [3.63, 3.8) is 0 Å². The number of aryl methyl sites for hydroxylation is 4. The van der Waals surface area contributed by atoms with E-state index in [9.17, 15) is 24.3 Å². The van der Waals surface area contributed by atoms with Crippen molar-refractivity contribution in [2.24, 2.45) is 11.5 Å². The highest BCUT2D eigenvalue weighted by Crippen LogP contribution is 2.32. The van der Waals surface area contributed by atoms with E-state index in [1.807, 2.05) is 6.92 Å². The monoisotopic (exact) mass is 754 g/mol. The fourth-order valence-electron chi connectivity index (χ4n) is 6.14. The molecule has 0 atom stereocenters. The van der Waals surface area contributed by atoms with Gasteiger partial charge in [0.25, 0.3) is 11.8 Å². The number of hydrogen-bond donors (Lipinski definition) is 5. The molecule has 0 spiro atoms. The van der Waals surface area contributed by atoms with Gasteiger partial charge in [-0.2, -0.15) is 10.2 Å². The van der Waals surface area contributed by atoms with Crippen LogP contribution in [0.15, 0.2) is 48.6 Å². The maximum atomic E-state index is 15.1. The Morgan fingerprint density at radius 1 is 0.836 bits per heavy atom. The van der Waals surface area contributed by atoms with Crippen molar-refractivity contribution in [2.75, 3.05) is 23.8 Å². The lowest BCUT2D eigenvalue weighted by Gasteiger charge is -2.12. The number of amides is 4. The number of carbonyl (C=O) groups excluding carboxylic acids is 4. The number of primary amides is 2. The highest BCUT2D eigenvalue weighted by Gasteiger charge is 2.25. The molecule has 2 aromatic carbocycles. The predicted octanol–water partition coefficient (Wildman–Crippen LogP) is 2.90. The van der Waals surface area contributed by atoms with Crippen LogP contribution in [0.2, 0.25) is 0 Å². The molecule has 0 bridgehead atoms. The number of ether oxygens (including phenoxy) is 1. The number of nitrogens with two attached hydrogens (primary N) is 2. The van der Waals surface area contributed by atoms with Crippen LogP contribution in [0.25, 0.3) is 22.1 Å². The molecule has 0 saturated heterocycles. The lowest BCUT2D eigenvalue weighted by Crippen LogP contribution is -2.21. The number of aromatic nitrogens is 8. The molecule has 0 radical (unpaired) electrons. The quantitative estimate of drug-likeness (QED) is 0.0960. The Labute approximate surface area is 312 Å². The number of halogens is 1. The van der Waals surface area contributed by atoms with Crippen molar-refractivity contribution in [3.8, 4) is 5.75 Å². The molecular weight excluding hydrogens is 715 g/mol. The number of aliphatic hydroxyl groups is 1. The van der Waals surface area contributed by atoms with Crippen molar-refractivity contribution < 1.29 is 33.4 Å². The largest absolute Gasteiger partial charge is 0.489 e. The number of benzene rings is 2. The molecule has 4 heterocycles. The number of nitrogens with one attached hydrogen (secondary N) is 2. The normalized spacial score (nSPS) is 11.5. The smallest absolute Gasteiger partial charge is 0.279 e. The van der Waals surface area contributed by atoms with Gasteiger partial charge in [-0.15, -0.1) is 0 Å². The first-order valence-electron chi connectivity index (χ1n) is 17.3. The fraction of sp³-hybridized carbons (Fsp3) is 0.278. The first-order chi connectivity index (χ1) is 26.3. The van der Waals surface area contributed by atoms with Gasteiger partial charge in [-0.1, -0.05) is 12.2 Å². The summed E-state index contributed by atoms with van der Waals surface area (Å²) < 4.78 is 27.0. The maximum absolute atomic E-state index is 15.1. The van der Waals surface area contributed by atoms with Crippen LogP contribution in [0.3, 0.4) is 0 Å². The number of imidazole rings is 2. The average Bonchev–Trinajstić information content (AvgIpc) is 3.89. The van der Waals surface area contributed by atoms with Crippen LogP contribution < -0.4 is 26.8 Å². The third kappa shape index (κ3) is 7.49. The number of carbonyl (C=O) groups is 4. The lowest BCUT2D eigenvalue weighted by molar-refractivity contribution is 0.0991. The third-order valence-electron chi connectivity index (χ3n) is 8.67. The predicted molar refractivity (Wildman–Crippen MR) is 199 cm³/mol. The van der Waals surface area contributed by atoms with Gasteiger partial charge in [0, 0.05) is 37.3 Å². The second-order valence-electron chi connectivity index (χ2n) is 12.4. The number of aliphatic hydroxyl groups excluding tert-OH is 1. The number of rotatable bonds is 15. The van der Waals surface area contributed by atoms with Gasteiger partial charge in [0.05, 0.1) is 34.5 Å². The van der Waals surface area contributed by atoms with Crippen LogP contribution in [0.4, 0.5) is 16.3 Å². The van der Waals surface area contributed by atoms with E-state index in [0.29, 0.717) is 34.5 Å². The van der Waals surface area contributed by atoms with Gasteiger partial charge in [0.15, 0.2) is 11.5 Å². The molecule has 4 aromatic heterocycles. The Hall–Kier alpha value is -6.89. The molecule has 0 saturated carbocycles. The molecule has 0 aliphatic heterocycles. The lowest BCUT2D eigenvalue weighted by atomic mass is 10.1. The Bertz CT molecular complexity index is 2510. The Kier molecular flexibility index (Phi) is 10.7. The summed E-state index contributed by atoms with van der Waals surface area (Å²) in [6.45, 7) is 7.28. The van der Waals surface area contributed by atoms with Crippen LogP contribution in [-0.2, 0) is 26.2 Å². The van der Waals surface area contributed by atoms with E-state index in [1.165, 1.54) is 29.8 Å². The zero-order valence-electron chi connectivity index (χ0n) is 30.5. The maximum Gasteiger partial charge on any atom is 0.279 e. The molecule has 55 heavy (non-hydrogen) atoms. The van der Waals surface area contributed by atoms with Crippen molar-refractivity contribution >= 4 is 57.6 Å². The Morgan fingerprint density at radius 3 is 2.15 bits per heavy atom. The van der Waals surface area contributed by atoms with Gasteiger partial charge in [0.1, 0.15) is 23.6 Å². The number of allylic oxidation sites excluding steroid dienone is 2. The number of anilines is 2. The summed E-state index contributed by atoms with van der Waals surface area (Å²) in [6, 6.07) is 9.26. The minimum absolute atomic E-state index is 0.0103. The molecule has 18 nitrogen and oxygen atoms in total. The third-order valence-corrected chi connectivity index (χ3v) is 8.67. The zero-order chi connectivity index (χ0) is 39.6. The molecule has 0 unspecified atom stereocenters. The highest BCUT2D eigenvalue weighted by atomic mass is 19.1.